The van der Waals surface area contributed by atoms with Gasteiger partial charge in [-0.25, -0.2) is 12.8 Å². The van der Waals surface area contributed by atoms with Gasteiger partial charge < -0.3 is 28.6 Å². The van der Waals surface area contributed by atoms with Crippen LogP contribution in [0.15, 0.2) is 121 Å². The lowest BCUT2D eigenvalue weighted by atomic mass is 9.48. The van der Waals surface area contributed by atoms with E-state index in [4.69, 9.17) is 27.2 Å². The fourth-order valence-electron chi connectivity index (χ4n) is 12.2. The lowest BCUT2D eigenvalue weighted by molar-refractivity contribution is -0.244. The molecule has 480 valence electrons. The molecule has 5 aliphatic rings. The molecule has 6 aromatic rings. The van der Waals surface area contributed by atoms with Crippen LogP contribution >= 0.6 is 10.5 Å². The SMILES string of the molecule is CCC(C)(C)C(=O)OC12CC3CC(C1)CC(C(=O)OC(CF)C(F)(F)F)(C3)C2.CCC(C)(C)C(=O)Oc1ccc(C(C)=O)c(O)c1.CCC(C)c1ccc(OC2(C)CCCCC2)cc1.O=S(=O)([O-])F.c1ccc(-[s+]2c3ccccc3c3ccccc32)cc1. The number of fused-ring (bicyclic) bond motifs is 3. The Hall–Kier alpha value is -6.44. The van der Waals surface area contributed by atoms with Crippen molar-refractivity contribution >= 4 is 64.8 Å². The van der Waals surface area contributed by atoms with E-state index in [0.29, 0.717) is 44.4 Å². The fourth-order valence-corrected chi connectivity index (χ4v) is 14.6. The van der Waals surface area contributed by atoms with E-state index in [-0.39, 0.29) is 69.1 Å². The number of thiophene rings is 1. The number of ketones is 1. The van der Waals surface area contributed by atoms with E-state index < -0.39 is 57.3 Å². The maximum absolute atomic E-state index is 12.9. The minimum Gasteiger partial charge on any atom is -0.722 e. The van der Waals surface area contributed by atoms with Gasteiger partial charge in [0.25, 0.3) is 10.5 Å². The maximum atomic E-state index is 12.9. The van der Waals surface area contributed by atoms with E-state index in [1.54, 1.807) is 27.7 Å². The number of carbonyl (C=O) groups is 4. The molecular formula is C69H85F5O12S2. The zero-order valence-corrected chi connectivity index (χ0v) is 53.7. The predicted molar refractivity (Wildman–Crippen MR) is 333 cm³/mol. The van der Waals surface area contributed by atoms with Gasteiger partial charge in [0.15, 0.2) is 20.1 Å². The van der Waals surface area contributed by atoms with Crippen LogP contribution in [0.4, 0.5) is 21.4 Å². The lowest BCUT2D eigenvalue weighted by Crippen LogP contribution is -2.61. The third kappa shape index (κ3) is 18.6. The first kappa shape index (κ1) is 70.6. The molecule has 11 rings (SSSR count). The number of benzene rings is 5. The van der Waals surface area contributed by atoms with Crippen LogP contribution in [0.1, 0.15) is 181 Å². The van der Waals surface area contributed by atoms with Crippen molar-refractivity contribution in [1.82, 2.24) is 0 Å². The van der Waals surface area contributed by atoms with Crippen molar-refractivity contribution < 1.29 is 77.7 Å². The van der Waals surface area contributed by atoms with Crippen molar-refractivity contribution in [3.05, 3.63) is 132 Å². The number of carbonyl (C=O) groups excluding carboxylic acids is 4. The number of aromatic hydroxyl groups is 1. The Bertz CT molecular complexity index is 3370. The Labute approximate surface area is 517 Å². The second-order valence-corrected chi connectivity index (χ2v) is 28.2. The Morgan fingerprint density at radius 1 is 0.727 bits per heavy atom. The van der Waals surface area contributed by atoms with E-state index >= 15 is 0 Å². The molecule has 12 nitrogen and oxygen atoms in total. The highest BCUT2D eigenvalue weighted by Gasteiger charge is 2.64. The highest BCUT2D eigenvalue weighted by Crippen LogP contribution is 2.64. The van der Waals surface area contributed by atoms with Crippen LogP contribution < -0.4 is 9.47 Å². The average Bonchev–Trinajstić information content (AvgIpc) is 0.852. The summed E-state index contributed by atoms with van der Waals surface area (Å²) in [5, 5.41) is 12.4. The molecule has 1 N–H and O–H groups in total. The van der Waals surface area contributed by atoms with Gasteiger partial charge >= 0.3 is 24.1 Å². The van der Waals surface area contributed by atoms with Gasteiger partial charge in [0.1, 0.15) is 35.1 Å². The van der Waals surface area contributed by atoms with Gasteiger partial charge in [0, 0.05) is 33.7 Å². The van der Waals surface area contributed by atoms with Gasteiger partial charge in [0.05, 0.1) is 21.8 Å². The molecular weight excluding hydrogens is 1180 g/mol. The molecule has 0 aliphatic heterocycles. The molecule has 0 amide bonds. The van der Waals surface area contributed by atoms with Crippen LogP contribution in [0.2, 0.25) is 0 Å². The first-order valence-corrected chi connectivity index (χ1v) is 32.8. The number of esters is 3. The summed E-state index contributed by atoms with van der Waals surface area (Å²) in [5.41, 5.74) is -1.52. The van der Waals surface area contributed by atoms with Crippen LogP contribution in [-0.2, 0) is 34.4 Å². The number of Topliss-reactive ketones (excluding diaryl/α,β-unsaturated/α-hetero) is 1. The molecule has 88 heavy (non-hydrogen) atoms. The molecule has 5 fully saturated rings. The van der Waals surface area contributed by atoms with E-state index in [1.165, 1.54) is 94.3 Å². The first-order chi connectivity index (χ1) is 41.2. The molecule has 0 saturated heterocycles. The summed E-state index contributed by atoms with van der Waals surface area (Å²) < 4.78 is 112. The molecule has 1 aromatic heterocycles. The van der Waals surface area contributed by atoms with Gasteiger partial charge in [-0.15, -0.1) is 3.89 Å². The zero-order chi connectivity index (χ0) is 65.0. The topological polar surface area (TPSA) is 183 Å². The van der Waals surface area contributed by atoms with E-state index in [2.05, 4.69) is 129 Å². The normalized spacial score (nSPS) is 20.8. The molecule has 4 unspecified atom stereocenters. The number of alkyl halides is 4. The Balaban J connectivity index is 0.000000185. The minimum atomic E-state index is -5.42. The molecule has 0 radical (unpaired) electrons. The van der Waals surface area contributed by atoms with Gasteiger partial charge in [-0.05, 0) is 203 Å². The average molecular weight is 1270 g/mol. The quantitative estimate of drug-likeness (QED) is 0.0196. The Kier molecular flexibility index (Phi) is 23.7. The molecule has 0 spiro atoms. The second kappa shape index (κ2) is 29.5. The van der Waals surface area contributed by atoms with Gasteiger partial charge in [-0.2, -0.15) is 13.2 Å². The predicted octanol–water partition coefficient (Wildman–Crippen LogP) is 18.1. The molecule has 5 aromatic carbocycles. The van der Waals surface area contributed by atoms with Crippen molar-refractivity contribution in [1.29, 1.82) is 0 Å². The summed E-state index contributed by atoms with van der Waals surface area (Å²) in [6.45, 7) is 17.3. The fraction of sp³-hybridized carbons (Fsp3) is 0.507. The van der Waals surface area contributed by atoms with Crippen molar-refractivity contribution in [3.8, 4) is 22.1 Å². The van der Waals surface area contributed by atoms with Crippen LogP contribution in [0.5, 0.6) is 17.2 Å². The number of phenols is 1. The Morgan fingerprint density at radius 2 is 1.23 bits per heavy atom. The van der Waals surface area contributed by atoms with E-state index in [1.807, 2.05) is 13.8 Å². The summed E-state index contributed by atoms with van der Waals surface area (Å²) >= 11 is 0. The molecule has 5 aliphatic carbocycles. The number of hydrogen-bond acceptors (Lipinski definition) is 12. The Morgan fingerprint density at radius 3 is 1.70 bits per heavy atom. The van der Waals surface area contributed by atoms with Gasteiger partial charge in [0.2, 0.25) is 6.10 Å². The van der Waals surface area contributed by atoms with Crippen LogP contribution in [0.25, 0.3) is 25.1 Å². The summed E-state index contributed by atoms with van der Waals surface area (Å²) in [6, 6.07) is 41.3. The van der Waals surface area contributed by atoms with Gasteiger partial charge in [-0.1, -0.05) is 88.7 Å². The number of ether oxygens (including phenoxy) is 4. The van der Waals surface area contributed by atoms with Crippen molar-refractivity contribution in [3.63, 3.8) is 0 Å². The standard InChI is InChI=1S/C20H28F4O4.C18H13S.C17H26O.C14H18O4.FHO3S/c1-4-17(2,3)15(25)28-19-8-12-5-13(9-19)7-18(6-12,11-19)16(26)27-14(10-21)20(22,23)24;1-2-8-14(9-3-1)19-17-12-6-4-10-15(17)16-11-5-7-13-18(16)19;1-4-14(2)15-8-10-16(11-9-15)18-17(3)12-6-5-7-13-17;1-5-14(3,4)13(17)18-10-6-7-11(9(2)15)12(16)8-10;1-5(2,3)4/h12-14H,4-11H2,1-3H3;1-13H;8-11,14H,4-7,12-13H2,1-3H3;6-8,16H,5H2,1-4H3;(H,2,3,4)/q;+1;;;/p-1. The number of halogens is 5. The highest BCUT2D eigenvalue weighted by molar-refractivity contribution is 7.80. The molecule has 4 atom stereocenters. The van der Waals surface area contributed by atoms with Crippen LogP contribution in [0, 0.1) is 28.1 Å². The minimum absolute atomic E-state index is 0.0594. The van der Waals surface area contributed by atoms with Crippen molar-refractivity contribution in [2.45, 2.75) is 189 Å². The first-order valence-electron chi connectivity index (χ1n) is 30.3. The van der Waals surface area contributed by atoms with Crippen LogP contribution in [-0.4, -0.2) is 71.9 Å². The van der Waals surface area contributed by atoms with Crippen molar-refractivity contribution in [2.75, 3.05) is 6.67 Å². The summed E-state index contributed by atoms with van der Waals surface area (Å²) in [5.74, 6) is -0.0163. The third-order valence-corrected chi connectivity index (χ3v) is 20.1. The largest absolute Gasteiger partial charge is 0.722 e. The number of rotatable bonds is 15. The monoisotopic (exact) mass is 1260 g/mol. The molecule has 1 heterocycles. The second-order valence-electron chi connectivity index (χ2n) is 25.5. The maximum Gasteiger partial charge on any atom is 0.428 e. The number of phenolic OH excluding ortho intramolecular Hbond substituents is 1. The molecule has 19 heteroatoms. The van der Waals surface area contributed by atoms with Crippen LogP contribution in [0.3, 0.4) is 0 Å². The van der Waals surface area contributed by atoms with E-state index in [0.717, 1.165) is 12.2 Å². The number of hydrogen-bond donors (Lipinski definition) is 1. The summed E-state index contributed by atoms with van der Waals surface area (Å²) in [4.78, 5) is 49.8. The molecule has 5 saturated carbocycles. The van der Waals surface area contributed by atoms with Crippen molar-refractivity contribution in [2.24, 2.45) is 28.1 Å². The summed E-state index contributed by atoms with van der Waals surface area (Å²) in [6.07, 6.45) is 4.22. The van der Waals surface area contributed by atoms with E-state index in [9.17, 15) is 45.7 Å². The smallest absolute Gasteiger partial charge is 0.428 e. The zero-order valence-electron chi connectivity index (χ0n) is 52.1. The van der Waals surface area contributed by atoms with Gasteiger partial charge in [-0.3, -0.25) is 19.2 Å². The molecule has 4 bridgehead atoms. The third-order valence-electron chi connectivity index (χ3n) is 17.8. The lowest BCUT2D eigenvalue weighted by Gasteiger charge is -2.60. The highest BCUT2D eigenvalue weighted by atomic mass is 32.3. The summed E-state index contributed by atoms with van der Waals surface area (Å²) in [7, 11) is -5.36.